The van der Waals surface area contributed by atoms with Crippen LogP contribution in [0, 0.1) is 0 Å². The predicted octanol–water partition coefficient (Wildman–Crippen LogP) is 2.20. The van der Waals surface area contributed by atoms with E-state index in [9.17, 15) is 4.79 Å². The van der Waals surface area contributed by atoms with Gasteiger partial charge in [0.1, 0.15) is 11.5 Å². The lowest BCUT2D eigenvalue weighted by molar-refractivity contribution is -0.130. The van der Waals surface area contributed by atoms with Gasteiger partial charge in [-0.3, -0.25) is 4.79 Å². The SMILES string of the molecule is CCCNCC(=O)N1CCCN(c2ccc(-c3ccc(OC)cc3OC)nn2)CC1. The molecule has 1 saturated heterocycles. The molecule has 0 atom stereocenters. The third-order valence-electron chi connectivity index (χ3n) is 5.21. The third-order valence-corrected chi connectivity index (χ3v) is 5.21. The molecule has 2 heterocycles. The molecule has 8 nitrogen and oxygen atoms in total. The van der Waals surface area contributed by atoms with Gasteiger partial charge in [-0.15, -0.1) is 10.2 Å². The van der Waals surface area contributed by atoms with Gasteiger partial charge >= 0.3 is 0 Å². The standard InChI is InChI=1S/C22H31N5O3/c1-4-10-23-16-22(28)27-12-5-11-26(13-14-27)21-9-8-19(24-25-21)18-7-6-17(29-2)15-20(18)30-3/h6-9,15,23H,4-5,10-14,16H2,1-3H3. The lowest BCUT2D eigenvalue weighted by Gasteiger charge is -2.22. The first-order valence-electron chi connectivity index (χ1n) is 10.5. The second-order valence-electron chi connectivity index (χ2n) is 7.24. The van der Waals surface area contributed by atoms with E-state index in [0.717, 1.165) is 61.8 Å². The minimum atomic E-state index is 0.165. The molecule has 0 bridgehead atoms. The van der Waals surface area contributed by atoms with E-state index in [2.05, 4.69) is 27.3 Å². The Morgan fingerprint density at radius 3 is 2.63 bits per heavy atom. The zero-order valence-electron chi connectivity index (χ0n) is 18.1. The third kappa shape index (κ3) is 5.38. The van der Waals surface area contributed by atoms with Crippen LogP contribution in [0.2, 0.25) is 0 Å². The molecule has 3 rings (SSSR count). The number of carbonyl (C=O) groups is 1. The van der Waals surface area contributed by atoms with Gasteiger partial charge in [0.2, 0.25) is 5.91 Å². The highest BCUT2D eigenvalue weighted by atomic mass is 16.5. The van der Waals surface area contributed by atoms with Crippen molar-refractivity contribution in [2.24, 2.45) is 0 Å². The molecule has 8 heteroatoms. The maximum atomic E-state index is 12.4. The Labute approximate surface area is 178 Å². The number of hydrogen-bond donors (Lipinski definition) is 1. The largest absolute Gasteiger partial charge is 0.497 e. The number of benzene rings is 1. The summed E-state index contributed by atoms with van der Waals surface area (Å²) in [6, 6.07) is 9.56. The first-order chi connectivity index (χ1) is 14.7. The Morgan fingerprint density at radius 1 is 1.07 bits per heavy atom. The number of nitrogens with one attached hydrogen (secondary N) is 1. The highest BCUT2D eigenvalue weighted by Gasteiger charge is 2.20. The molecule has 1 aromatic carbocycles. The van der Waals surface area contributed by atoms with Crippen molar-refractivity contribution in [1.29, 1.82) is 0 Å². The van der Waals surface area contributed by atoms with Crippen molar-refractivity contribution in [1.82, 2.24) is 20.4 Å². The van der Waals surface area contributed by atoms with Gasteiger partial charge < -0.3 is 24.6 Å². The summed E-state index contributed by atoms with van der Waals surface area (Å²) >= 11 is 0. The topological polar surface area (TPSA) is 79.8 Å². The zero-order valence-corrected chi connectivity index (χ0v) is 18.1. The van der Waals surface area contributed by atoms with E-state index >= 15 is 0 Å². The van der Waals surface area contributed by atoms with Gasteiger partial charge in [0, 0.05) is 37.8 Å². The molecule has 1 aliphatic heterocycles. The molecule has 1 N–H and O–H groups in total. The van der Waals surface area contributed by atoms with E-state index in [4.69, 9.17) is 9.47 Å². The molecule has 0 saturated carbocycles. The first kappa shape index (κ1) is 21.8. The highest BCUT2D eigenvalue weighted by Crippen LogP contribution is 2.32. The lowest BCUT2D eigenvalue weighted by atomic mass is 10.1. The summed E-state index contributed by atoms with van der Waals surface area (Å²) in [5.74, 6) is 2.41. The van der Waals surface area contributed by atoms with Crippen molar-refractivity contribution in [2.45, 2.75) is 19.8 Å². The fourth-order valence-electron chi connectivity index (χ4n) is 3.53. The van der Waals surface area contributed by atoms with Gasteiger partial charge in [-0.05, 0) is 43.7 Å². The van der Waals surface area contributed by atoms with Gasteiger partial charge in [-0.2, -0.15) is 0 Å². The van der Waals surface area contributed by atoms with Gasteiger partial charge in [-0.25, -0.2) is 0 Å². The van der Waals surface area contributed by atoms with Crippen molar-refractivity contribution < 1.29 is 14.3 Å². The van der Waals surface area contributed by atoms with Crippen LogP contribution in [0.1, 0.15) is 19.8 Å². The summed E-state index contributed by atoms with van der Waals surface area (Å²) in [6.07, 6.45) is 1.94. The van der Waals surface area contributed by atoms with E-state index in [-0.39, 0.29) is 5.91 Å². The van der Waals surface area contributed by atoms with Crippen LogP contribution in [0.3, 0.4) is 0 Å². The van der Waals surface area contributed by atoms with Crippen LogP contribution in [0.25, 0.3) is 11.3 Å². The molecule has 1 aromatic heterocycles. The minimum Gasteiger partial charge on any atom is -0.497 e. The molecule has 30 heavy (non-hydrogen) atoms. The number of methoxy groups -OCH3 is 2. The number of ether oxygens (including phenoxy) is 2. The van der Waals surface area contributed by atoms with E-state index in [1.54, 1.807) is 14.2 Å². The molecule has 1 fully saturated rings. The average Bonchev–Trinajstić information content (AvgIpc) is 3.05. The summed E-state index contributed by atoms with van der Waals surface area (Å²) < 4.78 is 10.7. The van der Waals surface area contributed by atoms with Crippen molar-refractivity contribution in [3.05, 3.63) is 30.3 Å². The lowest BCUT2D eigenvalue weighted by Crippen LogP contribution is -2.40. The maximum absolute atomic E-state index is 12.4. The van der Waals surface area contributed by atoms with Gasteiger partial charge in [-0.1, -0.05) is 6.92 Å². The van der Waals surface area contributed by atoms with Gasteiger partial charge in [0.15, 0.2) is 5.82 Å². The van der Waals surface area contributed by atoms with E-state index in [1.807, 2.05) is 35.2 Å². The number of carbonyl (C=O) groups excluding carboxylic acids is 1. The minimum absolute atomic E-state index is 0.165. The van der Waals surface area contributed by atoms with E-state index in [1.165, 1.54) is 0 Å². The summed E-state index contributed by atoms with van der Waals surface area (Å²) in [5.41, 5.74) is 1.61. The summed E-state index contributed by atoms with van der Waals surface area (Å²) in [6.45, 7) is 6.45. The monoisotopic (exact) mass is 413 g/mol. The summed E-state index contributed by atoms with van der Waals surface area (Å²) in [4.78, 5) is 16.5. The highest BCUT2D eigenvalue weighted by molar-refractivity contribution is 5.78. The molecule has 2 aromatic rings. The first-order valence-corrected chi connectivity index (χ1v) is 10.5. The van der Waals surface area contributed by atoms with Crippen LogP contribution in [0.4, 0.5) is 5.82 Å². The fourth-order valence-corrected chi connectivity index (χ4v) is 3.53. The average molecular weight is 414 g/mol. The van der Waals surface area contributed by atoms with Gasteiger partial charge in [0.25, 0.3) is 0 Å². The Balaban J connectivity index is 1.65. The zero-order chi connectivity index (χ0) is 21.3. The molecule has 1 amide bonds. The van der Waals surface area contributed by atoms with Crippen LogP contribution >= 0.6 is 0 Å². The van der Waals surface area contributed by atoms with Crippen LogP contribution in [-0.2, 0) is 4.79 Å². The predicted molar refractivity (Wildman–Crippen MR) is 117 cm³/mol. The number of amides is 1. The Bertz CT molecular complexity index is 828. The Morgan fingerprint density at radius 2 is 1.93 bits per heavy atom. The quantitative estimate of drug-likeness (QED) is 0.665. The second kappa shape index (κ2) is 10.8. The Hall–Kier alpha value is -2.87. The fraction of sp³-hybridized carbons (Fsp3) is 0.500. The molecule has 162 valence electrons. The molecule has 0 unspecified atom stereocenters. The van der Waals surface area contributed by atoms with Crippen molar-refractivity contribution in [2.75, 3.05) is 58.4 Å². The summed E-state index contributed by atoms with van der Waals surface area (Å²) in [7, 11) is 3.25. The number of anilines is 1. The second-order valence-corrected chi connectivity index (χ2v) is 7.24. The molecule has 1 aliphatic rings. The van der Waals surface area contributed by atoms with E-state index in [0.29, 0.717) is 18.8 Å². The number of rotatable bonds is 8. The Kier molecular flexibility index (Phi) is 7.84. The molecule has 0 spiro atoms. The molecule has 0 aliphatic carbocycles. The van der Waals surface area contributed by atoms with Crippen LogP contribution in [0.5, 0.6) is 11.5 Å². The van der Waals surface area contributed by atoms with Crippen molar-refractivity contribution in [3.63, 3.8) is 0 Å². The number of nitrogens with zero attached hydrogens (tertiary/aromatic N) is 4. The summed E-state index contributed by atoms with van der Waals surface area (Å²) in [5, 5.41) is 12.1. The van der Waals surface area contributed by atoms with Crippen LogP contribution in [-0.4, -0.2) is 74.5 Å². The van der Waals surface area contributed by atoms with Crippen molar-refractivity contribution >= 4 is 11.7 Å². The van der Waals surface area contributed by atoms with E-state index < -0.39 is 0 Å². The smallest absolute Gasteiger partial charge is 0.236 e. The number of aromatic nitrogens is 2. The van der Waals surface area contributed by atoms with Gasteiger partial charge in [0.05, 0.1) is 26.5 Å². The molecule has 0 radical (unpaired) electrons. The normalized spacial score (nSPS) is 14.4. The molecular formula is C22H31N5O3. The maximum Gasteiger partial charge on any atom is 0.236 e. The van der Waals surface area contributed by atoms with Crippen LogP contribution < -0.4 is 19.7 Å². The molecular weight excluding hydrogens is 382 g/mol. The number of hydrogen-bond acceptors (Lipinski definition) is 7. The van der Waals surface area contributed by atoms with Crippen molar-refractivity contribution in [3.8, 4) is 22.8 Å². The van der Waals surface area contributed by atoms with Crippen LogP contribution in [0.15, 0.2) is 30.3 Å².